The Balaban J connectivity index is 2.01. The molecular formula is C16H20F3N5O. The van der Waals surface area contributed by atoms with Gasteiger partial charge in [0.05, 0.1) is 17.0 Å². The first-order chi connectivity index (χ1) is 11.6. The van der Waals surface area contributed by atoms with Gasteiger partial charge in [0.25, 0.3) is 0 Å². The molecule has 0 bridgehead atoms. The summed E-state index contributed by atoms with van der Waals surface area (Å²) in [6.45, 7) is 6.96. The molecule has 0 fully saturated rings. The molecule has 0 aliphatic carbocycles. The largest absolute Gasteiger partial charge is 0.433 e. The van der Waals surface area contributed by atoms with Crippen LogP contribution in [0.2, 0.25) is 0 Å². The molecule has 136 valence electrons. The van der Waals surface area contributed by atoms with Gasteiger partial charge in [0.2, 0.25) is 5.95 Å². The molecule has 25 heavy (non-hydrogen) atoms. The van der Waals surface area contributed by atoms with E-state index in [1.54, 1.807) is 13.8 Å². The minimum absolute atomic E-state index is 0.111. The van der Waals surface area contributed by atoms with Gasteiger partial charge in [-0.25, -0.2) is 9.97 Å². The number of nitrogens with zero attached hydrogens (tertiary/aromatic N) is 4. The van der Waals surface area contributed by atoms with E-state index in [4.69, 9.17) is 0 Å². The molecule has 0 spiro atoms. The van der Waals surface area contributed by atoms with Gasteiger partial charge < -0.3 is 5.32 Å². The number of hydrogen-bond donors (Lipinski definition) is 1. The zero-order valence-electron chi connectivity index (χ0n) is 14.5. The van der Waals surface area contributed by atoms with Gasteiger partial charge in [-0.05, 0) is 32.8 Å². The minimum atomic E-state index is -4.43. The van der Waals surface area contributed by atoms with Crippen LogP contribution in [-0.4, -0.2) is 32.1 Å². The summed E-state index contributed by atoms with van der Waals surface area (Å²) >= 11 is 0. The van der Waals surface area contributed by atoms with E-state index in [-0.39, 0.29) is 18.2 Å². The highest BCUT2D eigenvalue weighted by molar-refractivity contribution is 5.94. The number of alkyl halides is 3. The van der Waals surface area contributed by atoms with E-state index in [9.17, 15) is 18.0 Å². The van der Waals surface area contributed by atoms with E-state index in [2.05, 4.69) is 20.4 Å². The molecule has 0 aliphatic rings. The molecule has 2 aromatic rings. The number of rotatable bonds is 6. The van der Waals surface area contributed by atoms with E-state index in [1.807, 2.05) is 0 Å². The van der Waals surface area contributed by atoms with Crippen LogP contribution in [-0.2, 0) is 12.7 Å². The van der Waals surface area contributed by atoms with Crippen molar-refractivity contribution in [2.75, 3.05) is 11.9 Å². The van der Waals surface area contributed by atoms with Gasteiger partial charge in [-0.15, -0.1) is 0 Å². The molecule has 9 heteroatoms. The number of anilines is 1. The van der Waals surface area contributed by atoms with Crippen LogP contribution in [0.15, 0.2) is 12.3 Å². The number of Topliss-reactive ketones (excluding diaryl/α,β-unsaturated/α-hetero) is 1. The summed E-state index contributed by atoms with van der Waals surface area (Å²) in [7, 11) is 0. The van der Waals surface area contributed by atoms with Gasteiger partial charge in [-0.3, -0.25) is 9.48 Å². The first-order valence-corrected chi connectivity index (χ1v) is 7.78. The highest BCUT2D eigenvalue weighted by atomic mass is 19.4. The summed E-state index contributed by atoms with van der Waals surface area (Å²) in [6, 6.07) is 1.03. The first kappa shape index (κ1) is 18.9. The van der Waals surface area contributed by atoms with Gasteiger partial charge in [-0.2, -0.15) is 18.3 Å². The first-order valence-electron chi connectivity index (χ1n) is 7.78. The normalized spacial score (nSPS) is 12.9. The Morgan fingerprint density at radius 1 is 1.36 bits per heavy atom. The Hall–Kier alpha value is -2.45. The molecule has 2 heterocycles. The topological polar surface area (TPSA) is 72.7 Å². The molecule has 0 saturated heterocycles. The van der Waals surface area contributed by atoms with Crippen LogP contribution in [0.3, 0.4) is 0 Å². The lowest BCUT2D eigenvalue weighted by molar-refractivity contribution is -0.144. The Morgan fingerprint density at radius 3 is 2.60 bits per heavy atom. The molecule has 0 radical (unpaired) electrons. The van der Waals surface area contributed by atoms with Crippen molar-refractivity contribution in [1.29, 1.82) is 0 Å². The SMILES string of the molecule is CC(=O)c1cnc(NCC(C)Cn2nc(C)cc2C(F)(F)F)nc1C. The second-order valence-corrected chi connectivity index (χ2v) is 6.09. The standard InChI is InChI=1S/C16H20F3N5O/c1-9(8-24-14(16(17,18)19)5-10(2)23-24)6-20-15-21-7-13(12(4)25)11(3)22-15/h5,7,9H,6,8H2,1-4H3,(H,20,21,22). The van der Waals surface area contributed by atoms with Crippen molar-refractivity contribution in [3.05, 3.63) is 34.9 Å². The lowest BCUT2D eigenvalue weighted by Gasteiger charge is -2.16. The third kappa shape index (κ3) is 4.77. The second-order valence-electron chi connectivity index (χ2n) is 6.09. The van der Waals surface area contributed by atoms with Crippen LogP contribution in [0.1, 0.15) is 41.3 Å². The van der Waals surface area contributed by atoms with E-state index in [1.165, 1.54) is 20.0 Å². The van der Waals surface area contributed by atoms with Gasteiger partial charge in [0.15, 0.2) is 5.78 Å². The van der Waals surface area contributed by atoms with Crippen molar-refractivity contribution in [3.63, 3.8) is 0 Å². The van der Waals surface area contributed by atoms with E-state index >= 15 is 0 Å². The summed E-state index contributed by atoms with van der Waals surface area (Å²) < 4.78 is 39.9. The molecule has 2 rings (SSSR count). The number of hydrogen-bond acceptors (Lipinski definition) is 5. The molecular weight excluding hydrogens is 335 g/mol. The number of carbonyl (C=O) groups is 1. The van der Waals surface area contributed by atoms with Crippen LogP contribution < -0.4 is 5.32 Å². The molecule has 0 saturated carbocycles. The number of ketones is 1. The fourth-order valence-corrected chi connectivity index (χ4v) is 2.44. The monoisotopic (exact) mass is 355 g/mol. The number of carbonyl (C=O) groups excluding carboxylic acids is 1. The quantitative estimate of drug-likeness (QED) is 0.805. The van der Waals surface area contributed by atoms with Crippen LogP contribution in [0.25, 0.3) is 0 Å². The zero-order chi connectivity index (χ0) is 18.8. The average molecular weight is 355 g/mol. The van der Waals surface area contributed by atoms with Gasteiger partial charge in [0.1, 0.15) is 5.69 Å². The molecule has 1 atom stereocenters. The number of nitrogens with one attached hydrogen (secondary N) is 1. The van der Waals surface area contributed by atoms with Crippen molar-refractivity contribution in [1.82, 2.24) is 19.7 Å². The maximum Gasteiger partial charge on any atom is 0.433 e. The molecule has 0 amide bonds. The summed E-state index contributed by atoms with van der Waals surface area (Å²) in [5.41, 5.74) is 0.571. The summed E-state index contributed by atoms with van der Waals surface area (Å²) in [6.07, 6.45) is -2.99. The van der Waals surface area contributed by atoms with E-state index in [0.29, 0.717) is 29.4 Å². The highest BCUT2D eigenvalue weighted by Gasteiger charge is 2.35. The van der Waals surface area contributed by atoms with E-state index < -0.39 is 11.9 Å². The van der Waals surface area contributed by atoms with Crippen molar-refractivity contribution in [2.45, 2.75) is 40.4 Å². The molecule has 1 N–H and O–H groups in total. The second kappa shape index (κ2) is 7.20. The zero-order valence-corrected chi connectivity index (χ0v) is 14.5. The molecule has 0 aromatic carbocycles. The third-order valence-electron chi connectivity index (χ3n) is 3.64. The van der Waals surface area contributed by atoms with Crippen LogP contribution in [0.4, 0.5) is 19.1 Å². The predicted octanol–water partition coefficient (Wildman–Crippen LogP) is 3.26. The Bertz CT molecular complexity index is 770. The van der Waals surface area contributed by atoms with Crippen molar-refractivity contribution < 1.29 is 18.0 Å². The van der Waals surface area contributed by atoms with Crippen LogP contribution in [0, 0.1) is 19.8 Å². The van der Waals surface area contributed by atoms with Crippen LogP contribution in [0.5, 0.6) is 0 Å². The maximum atomic E-state index is 13.0. The Kier molecular flexibility index (Phi) is 5.44. The van der Waals surface area contributed by atoms with Gasteiger partial charge >= 0.3 is 6.18 Å². The fourth-order valence-electron chi connectivity index (χ4n) is 2.44. The van der Waals surface area contributed by atoms with Gasteiger partial charge in [0, 0.05) is 19.3 Å². The average Bonchev–Trinajstić information content (AvgIpc) is 2.85. The molecule has 2 aromatic heterocycles. The number of aromatic nitrogens is 4. The lowest BCUT2D eigenvalue weighted by atomic mass is 10.1. The minimum Gasteiger partial charge on any atom is -0.354 e. The highest BCUT2D eigenvalue weighted by Crippen LogP contribution is 2.30. The predicted molar refractivity (Wildman–Crippen MR) is 86.4 cm³/mol. The fraction of sp³-hybridized carbons (Fsp3) is 0.500. The van der Waals surface area contributed by atoms with Crippen molar-refractivity contribution >= 4 is 11.7 Å². The summed E-state index contributed by atoms with van der Waals surface area (Å²) in [5, 5.41) is 6.90. The van der Waals surface area contributed by atoms with E-state index in [0.717, 1.165) is 10.7 Å². The summed E-state index contributed by atoms with van der Waals surface area (Å²) in [5.74, 6) is 0.0741. The summed E-state index contributed by atoms with van der Waals surface area (Å²) in [4.78, 5) is 19.6. The molecule has 6 nitrogen and oxygen atoms in total. The molecule has 1 unspecified atom stereocenters. The number of halogens is 3. The smallest absolute Gasteiger partial charge is 0.354 e. The van der Waals surface area contributed by atoms with Gasteiger partial charge in [-0.1, -0.05) is 6.92 Å². The maximum absolute atomic E-state index is 13.0. The van der Waals surface area contributed by atoms with Crippen LogP contribution >= 0.6 is 0 Å². The lowest BCUT2D eigenvalue weighted by Crippen LogP contribution is -2.22. The Morgan fingerprint density at radius 2 is 2.04 bits per heavy atom. The van der Waals surface area contributed by atoms with Crippen molar-refractivity contribution in [3.8, 4) is 0 Å². The Labute approximate surface area is 143 Å². The third-order valence-corrected chi connectivity index (χ3v) is 3.64. The molecule has 0 aliphatic heterocycles. The van der Waals surface area contributed by atoms with Crippen molar-refractivity contribution in [2.24, 2.45) is 5.92 Å². The number of aryl methyl sites for hydroxylation is 2.